The number of nitrogens with one attached hydrogen (secondary N) is 2. The summed E-state index contributed by atoms with van der Waals surface area (Å²) in [7, 11) is 2.98. The smallest absolute Gasteiger partial charge is 0.332 e. The van der Waals surface area contributed by atoms with Crippen LogP contribution >= 0.6 is 0 Å². The summed E-state index contributed by atoms with van der Waals surface area (Å²) in [5.74, 6) is 0.364. The minimum atomic E-state index is -0.824. The van der Waals surface area contributed by atoms with Gasteiger partial charge in [0.2, 0.25) is 5.95 Å². The Morgan fingerprint density at radius 3 is 2.43 bits per heavy atom. The SMILES string of the molecule is CCC(O)(CC)CNc1nc2c([nH]1)c(=O)n(C)c(=O)n2C. The third-order valence-corrected chi connectivity index (χ3v) is 4.00. The molecule has 2 heterocycles. The molecule has 2 aromatic rings. The maximum Gasteiger partial charge on any atom is 0.332 e. The van der Waals surface area contributed by atoms with E-state index in [1.54, 1.807) is 7.05 Å². The third-order valence-electron chi connectivity index (χ3n) is 4.00. The predicted molar refractivity (Wildman–Crippen MR) is 80.6 cm³/mol. The highest BCUT2D eigenvalue weighted by Crippen LogP contribution is 2.16. The van der Waals surface area contributed by atoms with Crippen LogP contribution in [0.15, 0.2) is 9.59 Å². The van der Waals surface area contributed by atoms with Crippen LogP contribution < -0.4 is 16.6 Å². The van der Waals surface area contributed by atoms with E-state index in [-0.39, 0.29) is 5.52 Å². The molecule has 0 aliphatic heterocycles. The lowest BCUT2D eigenvalue weighted by atomic mass is 9.98. The van der Waals surface area contributed by atoms with E-state index in [9.17, 15) is 14.7 Å². The van der Waals surface area contributed by atoms with Crippen LogP contribution in [0.5, 0.6) is 0 Å². The Morgan fingerprint density at radius 2 is 1.86 bits per heavy atom. The number of hydrogen-bond acceptors (Lipinski definition) is 5. The molecule has 0 radical (unpaired) electrons. The monoisotopic (exact) mass is 295 g/mol. The first-order chi connectivity index (χ1) is 9.83. The maximum atomic E-state index is 12.0. The van der Waals surface area contributed by atoms with E-state index >= 15 is 0 Å². The van der Waals surface area contributed by atoms with Crippen molar-refractivity contribution < 1.29 is 5.11 Å². The summed E-state index contributed by atoms with van der Waals surface area (Å²) in [5, 5.41) is 13.2. The van der Waals surface area contributed by atoms with Crippen LogP contribution in [-0.2, 0) is 14.1 Å². The molecular formula is C13H21N5O3. The van der Waals surface area contributed by atoms with Crippen molar-refractivity contribution in [1.82, 2.24) is 19.1 Å². The molecule has 116 valence electrons. The molecule has 3 N–H and O–H groups in total. The highest BCUT2D eigenvalue weighted by molar-refractivity contribution is 5.72. The van der Waals surface area contributed by atoms with Crippen molar-refractivity contribution >= 4 is 17.1 Å². The normalized spacial score (nSPS) is 12.0. The summed E-state index contributed by atoms with van der Waals surface area (Å²) in [6, 6.07) is 0. The Hall–Kier alpha value is -2.09. The standard InChI is InChI=1S/C13H21N5O3/c1-5-13(21,6-2)7-14-11-15-8-9(16-11)17(3)12(20)18(4)10(8)19/h21H,5-7H2,1-4H3,(H2,14,15,16). The zero-order valence-electron chi connectivity index (χ0n) is 12.7. The highest BCUT2D eigenvalue weighted by Gasteiger charge is 2.22. The van der Waals surface area contributed by atoms with Crippen LogP contribution in [0, 0.1) is 0 Å². The maximum absolute atomic E-state index is 12.0. The number of fused-ring (bicyclic) bond motifs is 1. The van der Waals surface area contributed by atoms with E-state index in [0.717, 1.165) is 4.57 Å². The number of aromatic amines is 1. The van der Waals surface area contributed by atoms with Gasteiger partial charge in [0, 0.05) is 20.6 Å². The molecule has 0 aliphatic carbocycles. The summed E-state index contributed by atoms with van der Waals surface area (Å²) < 4.78 is 2.34. The molecule has 0 unspecified atom stereocenters. The van der Waals surface area contributed by atoms with Crippen molar-refractivity contribution in [3.63, 3.8) is 0 Å². The Kier molecular flexibility index (Phi) is 3.91. The van der Waals surface area contributed by atoms with Crippen LogP contribution in [0.3, 0.4) is 0 Å². The second-order valence-corrected chi connectivity index (χ2v) is 5.27. The topological polar surface area (TPSA) is 105 Å². The number of aryl methyl sites for hydroxylation is 1. The molecule has 2 aromatic heterocycles. The molecule has 0 aliphatic rings. The minimum Gasteiger partial charge on any atom is -0.388 e. The molecule has 21 heavy (non-hydrogen) atoms. The Morgan fingerprint density at radius 1 is 1.24 bits per heavy atom. The molecule has 0 atom stereocenters. The van der Waals surface area contributed by atoms with Gasteiger partial charge < -0.3 is 15.4 Å². The number of hydrogen-bond donors (Lipinski definition) is 3. The first-order valence-corrected chi connectivity index (χ1v) is 6.95. The second-order valence-electron chi connectivity index (χ2n) is 5.27. The van der Waals surface area contributed by atoms with Gasteiger partial charge in [-0.1, -0.05) is 13.8 Å². The molecule has 8 nitrogen and oxygen atoms in total. The summed E-state index contributed by atoms with van der Waals surface area (Å²) in [6.45, 7) is 4.13. The summed E-state index contributed by atoms with van der Waals surface area (Å²) in [6.07, 6.45) is 1.22. The molecule has 0 spiro atoms. The van der Waals surface area contributed by atoms with Gasteiger partial charge in [-0.05, 0) is 12.8 Å². The number of nitrogens with zero attached hydrogens (tertiary/aromatic N) is 3. The van der Waals surface area contributed by atoms with E-state index in [0.29, 0.717) is 31.0 Å². The van der Waals surface area contributed by atoms with Crippen molar-refractivity contribution in [1.29, 1.82) is 0 Å². The minimum absolute atomic E-state index is 0.263. The number of imidazole rings is 1. The van der Waals surface area contributed by atoms with E-state index < -0.39 is 16.9 Å². The molecule has 0 saturated carbocycles. The lowest BCUT2D eigenvalue weighted by molar-refractivity contribution is 0.0455. The number of anilines is 1. The molecule has 0 bridgehead atoms. The Bertz CT molecular complexity index is 766. The van der Waals surface area contributed by atoms with Gasteiger partial charge in [-0.25, -0.2) is 4.79 Å². The van der Waals surface area contributed by atoms with Crippen molar-refractivity contribution in [2.45, 2.75) is 32.3 Å². The summed E-state index contributed by atoms with van der Waals surface area (Å²) >= 11 is 0. The highest BCUT2D eigenvalue weighted by atomic mass is 16.3. The van der Waals surface area contributed by atoms with Crippen LogP contribution in [-0.4, -0.2) is 36.4 Å². The van der Waals surface area contributed by atoms with Crippen LogP contribution in [0.2, 0.25) is 0 Å². The Balaban J connectivity index is 2.41. The van der Waals surface area contributed by atoms with Crippen LogP contribution in [0.1, 0.15) is 26.7 Å². The van der Waals surface area contributed by atoms with E-state index in [1.165, 1.54) is 11.6 Å². The first kappa shape index (κ1) is 15.3. The Labute approximate surface area is 121 Å². The fourth-order valence-electron chi connectivity index (χ4n) is 2.16. The van der Waals surface area contributed by atoms with Gasteiger partial charge in [0.05, 0.1) is 5.60 Å². The van der Waals surface area contributed by atoms with Crippen LogP contribution in [0.25, 0.3) is 11.2 Å². The summed E-state index contributed by atoms with van der Waals surface area (Å²) in [4.78, 5) is 30.9. The van der Waals surface area contributed by atoms with Crippen molar-refractivity contribution in [2.24, 2.45) is 14.1 Å². The van der Waals surface area contributed by atoms with Crippen LogP contribution in [0.4, 0.5) is 5.95 Å². The number of H-pyrrole nitrogens is 1. The molecule has 0 aromatic carbocycles. The zero-order chi connectivity index (χ0) is 15.8. The molecular weight excluding hydrogens is 274 g/mol. The average Bonchev–Trinajstić information content (AvgIpc) is 2.93. The quantitative estimate of drug-likeness (QED) is 0.716. The predicted octanol–water partition coefficient (Wildman–Crippen LogP) is -0.0767. The largest absolute Gasteiger partial charge is 0.388 e. The van der Waals surface area contributed by atoms with Crippen molar-refractivity contribution in [2.75, 3.05) is 11.9 Å². The van der Waals surface area contributed by atoms with Gasteiger partial charge in [0.15, 0.2) is 11.2 Å². The average molecular weight is 295 g/mol. The molecule has 8 heteroatoms. The van der Waals surface area contributed by atoms with E-state index in [1.807, 2.05) is 13.8 Å². The van der Waals surface area contributed by atoms with Gasteiger partial charge in [-0.3, -0.25) is 13.9 Å². The first-order valence-electron chi connectivity index (χ1n) is 6.95. The number of aromatic nitrogens is 4. The number of aliphatic hydroxyl groups is 1. The van der Waals surface area contributed by atoms with Crippen molar-refractivity contribution in [3.8, 4) is 0 Å². The van der Waals surface area contributed by atoms with Crippen molar-refractivity contribution in [3.05, 3.63) is 20.8 Å². The summed E-state index contributed by atoms with van der Waals surface area (Å²) in [5.41, 5.74) is -1.12. The van der Waals surface area contributed by atoms with Gasteiger partial charge >= 0.3 is 5.69 Å². The zero-order valence-corrected chi connectivity index (χ0v) is 12.7. The third kappa shape index (κ3) is 2.58. The van der Waals surface area contributed by atoms with Gasteiger partial charge in [0.25, 0.3) is 5.56 Å². The second kappa shape index (κ2) is 5.36. The van der Waals surface area contributed by atoms with E-state index in [4.69, 9.17) is 0 Å². The van der Waals surface area contributed by atoms with E-state index in [2.05, 4.69) is 15.3 Å². The molecule has 0 amide bonds. The lowest BCUT2D eigenvalue weighted by Crippen LogP contribution is -2.36. The molecule has 0 fully saturated rings. The van der Waals surface area contributed by atoms with Gasteiger partial charge in [0.1, 0.15) is 0 Å². The number of rotatable bonds is 5. The van der Waals surface area contributed by atoms with Gasteiger partial charge in [-0.2, -0.15) is 4.98 Å². The lowest BCUT2D eigenvalue weighted by Gasteiger charge is -2.25. The fourth-order valence-corrected chi connectivity index (χ4v) is 2.16. The molecule has 2 rings (SSSR count). The fraction of sp³-hybridized carbons (Fsp3) is 0.615. The molecule has 0 saturated heterocycles. The van der Waals surface area contributed by atoms with Gasteiger partial charge in [-0.15, -0.1) is 0 Å².